The summed E-state index contributed by atoms with van der Waals surface area (Å²) in [7, 11) is -0.739. The lowest BCUT2D eigenvalue weighted by atomic mass is 9.99. The molecular weight excluding hydrogens is 486 g/mol. The Morgan fingerprint density at radius 1 is 1.36 bits per heavy atom. The van der Waals surface area contributed by atoms with Gasteiger partial charge in [0.2, 0.25) is 5.91 Å². The van der Waals surface area contributed by atoms with Crippen molar-refractivity contribution in [2.45, 2.75) is 43.9 Å². The number of sulfonamides is 1. The van der Waals surface area contributed by atoms with Crippen LogP contribution < -0.4 is 10.1 Å². The van der Waals surface area contributed by atoms with Crippen molar-refractivity contribution in [1.29, 1.82) is 0 Å². The van der Waals surface area contributed by atoms with E-state index in [4.69, 9.17) is 4.74 Å². The van der Waals surface area contributed by atoms with E-state index in [0.717, 1.165) is 12.8 Å². The highest BCUT2D eigenvalue weighted by molar-refractivity contribution is 7.89. The number of aliphatic hydroxyl groups is 1. The van der Waals surface area contributed by atoms with Crippen LogP contribution in [0.3, 0.4) is 0 Å². The number of anilines is 1. The summed E-state index contributed by atoms with van der Waals surface area (Å²) < 4.78 is 35.4. The van der Waals surface area contributed by atoms with Gasteiger partial charge in [-0.1, -0.05) is 13.0 Å². The number of aromatic nitrogens is 2. The molecule has 0 bridgehead atoms. The summed E-state index contributed by atoms with van der Waals surface area (Å²) in [5.41, 5.74) is 0.611. The first kappa shape index (κ1) is 26.1. The molecule has 2 amide bonds. The van der Waals surface area contributed by atoms with Crippen molar-refractivity contribution in [3.05, 3.63) is 36.3 Å². The van der Waals surface area contributed by atoms with Crippen LogP contribution in [0.25, 0.3) is 0 Å². The Morgan fingerprint density at radius 2 is 2.08 bits per heavy atom. The monoisotopic (exact) mass is 519 g/mol. The van der Waals surface area contributed by atoms with E-state index in [1.165, 1.54) is 23.9 Å². The molecule has 1 saturated carbocycles. The molecule has 1 aromatic heterocycles. The average molecular weight is 520 g/mol. The van der Waals surface area contributed by atoms with Gasteiger partial charge in [-0.05, 0) is 31.9 Å². The van der Waals surface area contributed by atoms with E-state index in [1.54, 1.807) is 41.6 Å². The molecule has 2 aromatic rings. The van der Waals surface area contributed by atoms with E-state index >= 15 is 0 Å². The molecule has 1 aliphatic carbocycles. The molecule has 1 aliphatic heterocycles. The zero-order chi connectivity index (χ0) is 26.2. The summed E-state index contributed by atoms with van der Waals surface area (Å²) in [6, 6.07) is 4.49. The first-order valence-electron chi connectivity index (χ1n) is 12.0. The molecule has 1 aromatic carbocycles. The topological polar surface area (TPSA) is 134 Å². The van der Waals surface area contributed by atoms with E-state index in [1.807, 2.05) is 6.92 Å². The maximum atomic E-state index is 13.5. The van der Waals surface area contributed by atoms with E-state index in [0.29, 0.717) is 5.69 Å². The van der Waals surface area contributed by atoms with Crippen molar-refractivity contribution in [3.63, 3.8) is 0 Å². The number of imidazole rings is 1. The Balaban J connectivity index is 1.70. The second-order valence-electron chi connectivity index (χ2n) is 9.73. The molecule has 3 atom stereocenters. The van der Waals surface area contributed by atoms with Crippen LogP contribution in [0.2, 0.25) is 0 Å². The van der Waals surface area contributed by atoms with E-state index in [2.05, 4.69) is 10.3 Å². The van der Waals surface area contributed by atoms with E-state index < -0.39 is 22.2 Å². The highest BCUT2D eigenvalue weighted by Gasteiger charge is 2.37. The zero-order valence-electron chi connectivity index (χ0n) is 20.9. The predicted molar refractivity (Wildman–Crippen MR) is 132 cm³/mol. The minimum Gasteiger partial charge on any atom is -0.486 e. The normalized spacial score (nSPS) is 21.4. The third kappa shape index (κ3) is 5.25. The molecule has 2 heterocycles. The van der Waals surface area contributed by atoms with Gasteiger partial charge in [0.1, 0.15) is 6.10 Å². The highest BCUT2D eigenvalue weighted by atomic mass is 32.2. The van der Waals surface area contributed by atoms with Gasteiger partial charge >= 0.3 is 0 Å². The number of likely N-dealkylation sites (N-methyl/N-ethyl adjacent to an activating group) is 1. The first-order valence-corrected chi connectivity index (χ1v) is 13.4. The highest BCUT2D eigenvalue weighted by Crippen LogP contribution is 2.37. The average Bonchev–Trinajstić information content (AvgIpc) is 3.61. The van der Waals surface area contributed by atoms with Crippen LogP contribution in [-0.4, -0.2) is 83.0 Å². The lowest BCUT2D eigenvalue weighted by molar-refractivity contribution is -0.117. The van der Waals surface area contributed by atoms with Crippen molar-refractivity contribution in [3.8, 4) is 5.75 Å². The summed E-state index contributed by atoms with van der Waals surface area (Å²) in [4.78, 5) is 31.6. The Hall–Kier alpha value is -2.96. The summed E-state index contributed by atoms with van der Waals surface area (Å²) in [5.74, 6) is -0.618. The molecular formula is C24H33N5O6S. The van der Waals surface area contributed by atoms with Crippen LogP contribution in [0.5, 0.6) is 5.75 Å². The standard InChI is InChI=1S/C24H33N5O6S/c1-15-10-29(16(2)13-30)24(32)18-6-5-7-19(26-23(31)17-8-9-17)22(18)35-20(15)11-28(4)36(33,34)21-12-27(3)14-25-21/h5-7,12,14-17,20,30H,8-11,13H2,1-4H3,(H,26,31)/t15-,16-,20+/m0/s1. The number of hydrogen-bond donors (Lipinski definition) is 2. The van der Waals surface area contributed by atoms with Gasteiger partial charge in [0.25, 0.3) is 15.9 Å². The van der Waals surface area contributed by atoms with Crippen LogP contribution >= 0.6 is 0 Å². The van der Waals surface area contributed by atoms with Gasteiger partial charge in [-0.3, -0.25) is 9.59 Å². The van der Waals surface area contributed by atoms with Gasteiger partial charge in [0.05, 0.1) is 36.8 Å². The summed E-state index contributed by atoms with van der Waals surface area (Å²) in [5, 5.41) is 12.6. The molecule has 0 unspecified atom stereocenters. The maximum absolute atomic E-state index is 13.5. The lowest BCUT2D eigenvalue weighted by Crippen LogP contribution is -2.50. The molecule has 196 valence electrons. The molecule has 0 radical (unpaired) electrons. The number of amides is 2. The molecule has 0 saturated heterocycles. The Morgan fingerprint density at radius 3 is 2.69 bits per heavy atom. The van der Waals surface area contributed by atoms with Gasteiger partial charge in [0, 0.05) is 38.7 Å². The largest absolute Gasteiger partial charge is 0.486 e. The van der Waals surface area contributed by atoms with Crippen molar-refractivity contribution in [2.24, 2.45) is 18.9 Å². The number of hydrogen-bond acceptors (Lipinski definition) is 7. The second-order valence-corrected chi connectivity index (χ2v) is 11.7. The van der Waals surface area contributed by atoms with Crippen molar-refractivity contribution < 1.29 is 27.9 Å². The van der Waals surface area contributed by atoms with Gasteiger partial charge in [0.15, 0.2) is 10.8 Å². The smallest absolute Gasteiger partial charge is 0.261 e. The lowest BCUT2D eigenvalue weighted by Gasteiger charge is -2.38. The Labute approximate surface area is 211 Å². The van der Waals surface area contributed by atoms with Crippen LogP contribution in [0, 0.1) is 11.8 Å². The minimum absolute atomic E-state index is 0.0139. The number of fused-ring (bicyclic) bond motifs is 1. The van der Waals surface area contributed by atoms with Gasteiger partial charge in [-0.15, -0.1) is 0 Å². The fourth-order valence-electron chi connectivity index (χ4n) is 4.17. The summed E-state index contributed by atoms with van der Waals surface area (Å²) in [6.45, 7) is 3.62. The number of para-hydroxylation sites is 1. The maximum Gasteiger partial charge on any atom is 0.261 e. The van der Waals surface area contributed by atoms with E-state index in [-0.39, 0.29) is 59.7 Å². The molecule has 0 spiro atoms. The third-order valence-corrected chi connectivity index (χ3v) is 8.40. The molecule has 11 nitrogen and oxygen atoms in total. The number of nitrogens with one attached hydrogen (secondary N) is 1. The number of carbonyl (C=O) groups is 2. The molecule has 36 heavy (non-hydrogen) atoms. The number of nitrogens with zero attached hydrogens (tertiary/aromatic N) is 4. The number of aliphatic hydroxyl groups excluding tert-OH is 1. The van der Waals surface area contributed by atoms with Gasteiger partial charge in [-0.2, -0.15) is 4.31 Å². The fraction of sp³-hybridized carbons (Fsp3) is 0.542. The number of carbonyl (C=O) groups excluding carboxylic acids is 2. The van der Waals surface area contributed by atoms with Gasteiger partial charge in [-0.25, -0.2) is 13.4 Å². The summed E-state index contributed by atoms with van der Waals surface area (Å²) >= 11 is 0. The van der Waals surface area contributed by atoms with Crippen LogP contribution in [0.1, 0.15) is 37.0 Å². The fourth-order valence-corrected chi connectivity index (χ4v) is 5.32. The van der Waals surface area contributed by atoms with Crippen LogP contribution in [-0.2, 0) is 21.9 Å². The number of aryl methyl sites for hydroxylation is 1. The number of ether oxygens (including phenoxy) is 1. The van der Waals surface area contributed by atoms with Crippen molar-refractivity contribution >= 4 is 27.5 Å². The van der Waals surface area contributed by atoms with Crippen LogP contribution in [0.15, 0.2) is 35.7 Å². The molecule has 2 N–H and O–H groups in total. The molecule has 1 fully saturated rings. The van der Waals surface area contributed by atoms with Crippen molar-refractivity contribution in [2.75, 3.05) is 32.1 Å². The van der Waals surface area contributed by atoms with Crippen molar-refractivity contribution in [1.82, 2.24) is 18.8 Å². The third-order valence-electron chi connectivity index (χ3n) is 6.69. The Kier molecular flexibility index (Phi) is 7.39. The summed E-state index contributed by atoms with van der Waals surface area (Å²) in [6.07, 6.45) is 3.82. The molecule has 12 heteroatoms. The number of benzene rings is 1. The quantitative estimate of drug-likeness (QED) is 0.537. The number of rotatable bonds is 8. The van der Waals surface area contributed by atoms with Crippen LogP contribution in [0.4, 0.5) is 5.69 Å². The van der Waals surface area contributed by atoms with E-state index in [9.17, 15) is 23.1 Å². The molecule has 4 rings (SSSR count). The SMILES string of the molecule is C[C@H]1CN([C@@H](C)CO)C(=O)c2cccc(NC(=O)C3CC3)c2O[C@@H]1CN(C)S(=O)(=O)c1cn(C)cn1. The molecule has 2 aliphatic rings. The zero-order valence-corrected chi connectivity index (χ0v) is 21.7. The minimum atomic E-state index is -3.89. The predicted octanol–water partition coefficient (Wildman–Crippen LogP) is 1.31. The first-order chi connectivity index (χ1) is 17.0. The second kappa shape index (κ2) is 10.2. The van der Waals surface area contributed by atoms with Gasteiger partial charge < -0.3 is 24.6 Å². The Bertz CT molecular complexity index is 1240.